The van der Waals surface area contributed by atoms with E-state index in [1.807, 2.05) is 28.9 Å². The minimum atomic E-state index is -0.120. The first kappa shape index (κ1) is 13.1. The van der Waals surface area contributed by atoms with E-state index in [4.69, 9.17) is 17.3 Å². The standard InChI is InChI=1S/C13H17ClN4/c1-9(2)18-13(16-8-17-18)7-12(15)10-4-3-5-11(14)6-10/h3-6,8-9,12H,7,15H2,1-2H3. The van der Waals surface area contributed by atoms with Crippen LogP contribution in [0.4, 0.5) is 0 Å². The van der Waals surface area contributed by atoms with Crippen LogP contribution in [-0.4, -0.2) is 14.8 Å². The molecule has 1 aromatic heterocycles. The van der Waals surface area contributed by atoms with Crippen LogP contribution >= 0.6 is 11.6 Å². The molecule has 18 heavy (non-hydrogen) atoms. The van der Waals surface area contributed by atoms with Crippen LogP contribution in [-0.2, 0) is 6.42 Å². The summed E-state index contributed by atoms with van der Waals surface area (Å²) < 4.78 is 1.89. The van der Waals surface area contributed by atoms with Gasteiger partial charge in [-0.05, 0) is 31.5 Å². The van der Waals surface area contributed by atoms with Crippen molar-refractivity contribution in [2.45, 2.75) is 32.4 Å². The smallest absolute Gasteiger partial charge is 0.138 e. The van der Waals surface area contributed by atoms with Crippen LogP contribution in [0.1, 0.15) is 37.3 Å². The Morgan fingerprint density at radius 2 is 2.17 bits per heavy atom. The van der Waals surface area contributed by atoms with Gasteiger partial charge in [-0.25, -0.2) is 9.67 Å². The molecular weight excluding hydrogens is 248 g/mol. The second-order valence-corrected chi connectivity index (χ2v) is 5.02. The lowest BCUT2D eigenvalue weighted by Gasteiger charge is -2.14. The fourth-order valence-corrected chi connectivity index (χ4v) is 2.10. The Hall–Kier alpha value is -1.39. The summed E-state index contributed by atoms with van der Waals surface area (Å²) >= 11 is 5.96. The fraction of sp³-hybridized carbons (Fsp3) is 0.385. The highest BCUT2D eigenvalue weighted by Gasteiger charge is 2.13. The van der Waals surface area contributed by atoms with Crippen molar-refractivity contribution in [1.82, 2.24) is 14.8 Å². The van der Waals surface area contributed by atoms with E-state index in [2.05, 4.69) is 23.9 Å². The molecule has 1 atom stereocenters. The molecule has 0 radical (unpaired) electrons. The van der Waals surface area contributed by atoms with E-state index in [0.29, 0.717) is 11.4 Å². The summed E-state index contributed by atoms with van der Waals surface area (Å²) in [6.07, 6.45) is 2.22. The summed E-state index contributed by atoms with van der Waals surface area (Å²) in [5.74, 6) is 0.900. The predicted octanol–water partition coefficient (Wildman–Crippen LogP) is 2.75. The molecule has 0 saturated carbocycles. The summed E-state index contributed by atoms with van der Waals surface area (Å²) in [7, 11) is 0. The molecule has 0 bridgehead atoms. The van der Waals surface area contributed by atoms with Gasteiger partial charge < -0.3 is 5.73 Å². The third-order valence-corrected chi connectivity index (χ3v) is 3.05. The van der Waals surface area contributed by atoms with E-state index in [9.17, 15) is 0 Å². The quantitative estimate of drug-likeness (QED) is 0.924. The highest BCUT2D eigenvalue weighted by Crippen LogP contribution is 2.19. The van der Waals surface area contributed by atoms with Crippen LogP contribution in [0, 0.1) is 0 Å². The Labute approximate surface area is 112 Å². The minimum absolute atomic E-state index is 0.120. The van der Waals surface area contributed by atoms with Crippen molar-refractivity contribution in [2.24, 2.45) is 5.73 Å². The van der Waals surface area contributed by atoms with Crippen LogP contribution in [0.5, 0.6) is 0 Å². The molecule has 2 rings (SSSR count). The molecule has 0 amide bonds. The highest BCUT2D eigenvalue weighted by molar-refractivity contribution is 6.30. The number of hydrogen-bond acceptors (Lipinski definition) is 3. The highest BCUT2D eigenvalue weighted by atomic mass is 35.5. The van der Waals surface area contributed by atoms with E-state index in [-0.39, 0.29) is 12.1 Å². The maximum Gasteiger partial charge on any atom is 0.138 e. The fourth-order valence-electron chi connectivity index (χ4n) is 1.90. The molecule has 1 aromatic carbocycles. The zero-order valence-corrected chi connectivity index (χ0v) is 11.3. The van der Waals surface area contributed by atoms with Crippen LogP contribution in [0.3, 0.4) is 0 Å². The lowest BCUT2D eigenvalue weighted by atomic mass is 10.0. The Morgan fingerprint density at radius 1 is 1.39 bits per heavy atom. The largest absolute Gasteiger partial charge is 0.324 e. The Kier molecular flexibility index (Phi) is 3.99. The first-order valence-electron chi connectivity index (χ1n) is 5.97. The normalized spacial score (nSPS) is 12.9. The van der Waals surface area contributed by atoms with Crippen molar-refractivity contribution in [1.29, 1.82) is 0 Å². The Bertz CT molecular complexity index is 521. The monoisotopic (exact) mass is 264 g/mol. The molecule has 1 unspecified atom stereocenters. The van der Waals surface area contributed by atoms with Crippen molar-refractivity contribution in [3.8, 4) is 0 Å². The zero-order valence-electron chi connectivity index (χ0n) is 10.5. The molecule has 0 spiro atoms. The van der Waals surface area contributed by atoms with E-state index in [0.717, 1.165) is 11.4 Å². The number of halogens is 1. The third kappa shape index (κ3) is 2.89. The van der Waals surface area contributed by atoms with Gasteiger partial charge in [-0.15, -0.1) is 0 Å². The molecule has 1 heterocycles. The van der Waals surface area contributed by atoms with Gasteiger partial charge in [0, 0.05) is 23.5 Å². The Morgan fingerprint density at radius 3 is 2.83 bits per heavy atom. The maximum atomic E-state index is 6.18. The van der Waals surface area contributed by atoms with Crippen molar-refractivity contribution < 1.29 is 0 Å². The molecule has 0 aliphatic rings. The van der Waals surface area contributed by atoms with Gasteiger partial charge in [-0.2, -0.15) is 5.10 Å². The third-order valence-electron chi connectivity index (χ3n) is 2.82. The number of benzene rings is 1. The molecule has 0 aliphatic heterocycles. The van der Waals surface area contributed by atoms with Gasteiger partial charge in [0.05, 0.1) is 0 Å². The Balaban J connectivity index is 2.16. The van der Waals surface area contributed by atoms with Gasteiger partial charge in [0.25, 0.3) is 0 Å². The number of aromatic nitrogens is 3. The number of rotatable bonds is 4. The summed E-state index contributed by atoms with van der Waals surface area (Å²) in [5.41, 5.74) is 7.20. The summed E-state index contributed by atoms with van der Waals surface area (Å²) in [6.45, 7) is 4.15. The predicted molar refractivity (Wildman–Crippen MR) is 72.5 cm³/mol. The molecule has 0 fully saturated rings. The van der Waals surface area contributed by atoms with Gasteiger partial charge in [0.1, 0.15) is 12.2 Å². The average Bonchev–Trinajstić information content (AvgIpc) is 2.77. The van der Waals surface area contributed by atoms with E-state index in [1.165, 1.54) is 0 Å². The molecule has 4 nitrogen and oxygen atoms in total. The minimum Gasteiger partial charge on any atom is -0.324 e. The van der Waals surface area contributed by atoms with Gasteiger partial charge in [-0.3, -0.25) is 0 Å². The molecule has 2 N–H and O–H groups in total. The number of nitrogens with two attached hydrogens (primary N) is 1. The van der Waals surface area contributed by atoms with Crippen molar-refractivity contribution in [3.63, 3.8) is 0 Å². The molecule has 96 valence electrons. The van der Waals surface area contributed by atoms with Crippen LogP contribution in [0.2, 0.25) is 5.02 Å². The van der Waals surface area contributed by atoms with Crippen LogP contribution < -0.4 is 5.73 Å². The molecule has 0 aliphatic carbocycles. The average molecular weight is 265 g/mol. The molecule has 5 heteroatoms. The molecule has 2 aromatic rings. The van der Waals surface area contributed by atoms with Crippen LogP contribution in [0.15, 0.2) is 30.6 Å². The molecule has 0 saturated heterocycles. The summed E-state index contributed by atoms with van der Waals surface area (Å²) in [5, 5.41) is 4.91. The van der Waals surface area contributed by atoms with Crippen molar-refractivity contribution in [3.05, 3.63) is 47.0 Å². The topological polar surface area (TPSA) is 56.7 Å². The maximum absolute atomic E-state index is 6.18. The SMILES string of the molecule is CC(C)n1ncnc1CC(N)c1cccc(Cl)c1. The summed E-state index contributed by atoms with van der Waals surface area (Å²) in [4.78, 5) is 4.26. The van der Waals surface area contributed by atoms with E-state index in [1.54, 1.807) is 6.33 Å². The zero-order chi connectivity index (χ0) is 13.1. The first-order chi connectivity index (χ1) is 8.58. The van der Waals surface area contributed by atoms with Crippen molar-refractivity contribution >= 4 is 11.6 Å². The summed E-state index contributed by atoms with van der Waals surface area (Å²) in [6, 6.07) is 7.79. The van der Waals surface area contributed by atoms with Crippen LogP contribution in [0.25, 0.3) is 0 Å². The number of hydrogen-bond donors (Lipinski definition) is 1. The molecular formula is C13H17ClN4. The van der Waals surface area contributed by atoms with Gasteiger partial charge >= 0.3 is 0 Å². The van der Waals surface area contributed by atoms with Gasteiger partial charge in [0.2, 0.25) is 0 Å². The second kappa shape index (κ2) is 5.50. The van der Waals surface area contributed by atoms with Gasteiger partial charge in [0.15, 0.2) is 0 Å². The lowest BCUT2D eigenvalue weighted by Crippen LogP contribution is -2.18. The second-order valence-electron chi connectivity index (χ2n) is 4.58. The first-order valence-corrected chi connectivity index (χ1v) is 6.35. The van der Waals surface area contributed by atoms with Crippen molar-refractivity contribution in [2.75, 3.05) is 0 Å². The number of nitrogens with zero attached hydrogens (tertiary/aromatic N) is 3. The van der Waals surface area contributed by atoms with E-state index < -0.39 is 0 Å². The van der Waals surface area contributed by atoms with Gasteiger partial charge in [-0.1, -0.05) is 23.7 Å². The lowest BCUT2D eigenvalue weighted by molar-refractivity contribution is 0.493. The van der Waals surface area contributed by atoms with E-state index >= 15 is 0 Å².